The molecule has 0 aromatic rings. The predicted octanol–water partition coefficient (Wildman–Crippen LogP) is 5.91. The molecule has 0 aromatic carbocycles. The summed E-state index contributed by atoms with van der Waals surface area (Å²) in [6.45, 7) is 3.49. The fraction of sp³-hybridized carbons (Fsp3) is 0.825. The number of hydrogen-bond donors (Lipinski definition) is 7. The van der Waals surface area contributed by atoms with Crippen molar-refractivity contribution in [3.8, 4) is 0 Å². The smallest absolute Gasteiger partial charge is 0.249 e. The summed E-state index contributed by atoms with van der Waals surface area (Å²) in [5.74, 6) is -0.665. The average molecular weight is 712 g/mol. The summed E-state index contributed by atoms with van der Waals surface area (Å²) in [6, 6.07) is -1.01. The van der Waals surface area contributed by atoms with Crippen LogP contribution < -0.4 is 5.32 Å². The summed E-state index contributed by atoms with van der Waals surface area (Å²) in [6.07, 6.45) is 25.5. The molecule has 1 saturated heterocycles. The largest absolute Gasteiger partial charge is 0.394 e. The highest BCUT2D eigenvalue weighted by molar-refractivity contribution is 5.80. The van der Waals surface area contributed by atoms with Gasteiger partial charge in [0.2, 0.25) is 5.91 Å². The van der Waals surface area contributed by atoms with E-state index in [0.29, 0.717) is 12.8 Å². The number of allylic oxidation sites excluding steroid dienone is 5. The third kappa shape index (κ3) is 21.7. The third-order valence-electron chi connectivity index (χ3n) is 9.30. The van der Waals surface area contributed by atoms with Crippen molar-refractivity contribution >= 4 is 5.91 Å². The molecule has 10 heteroatoms. The van der Waals surface area contributed by atoms with Crippen molar-refractivity contribution in [3.63, 3.8) is 0 Å². The summed E-state index contributed by atoms with van der Waals surface area (Å²) in [5, 5.41) is 64.1. The van der Waals surface area contributed by atoms with Gasteiger partial charge in [0.1, 0.15) is 30.5 Å². The molecular weight excluding hydrogens is 638 g/mol. The molecule has 8 unspecified atom stereocenters. The van der Waals surface area contributed by atoms with Crippen molar-refractivity contribution in [2.75, 3.05) is 13.2 Å². The second-order valence-electron chi connectivity index (χ2n) is 13.9. The maximum atomic E-state index is 12.9. The van der Waals surface area contributed by atoms with E-state index in [1.54, 1.807) is 6.08 Å². The lowest BCUT2D eigenvalue weighted by Crippen LogP contribution is -2.60. The number of hydrogen-bond acceptors (Lipinski definition) is 9. The lowest BCUT2D eigenvalue weighted by atomic mass is 9.99. The van der Waals surface area contributed by atoms with Crippen LogP contribution >= 0.6 is 0 Å². The van der Waals surface area contributed by atoms with Crippen LogP contribution in [0.15, 0.2) is 36.5 Å². The van der Waals surface area contributed by atoms with E-state index in [0.717, 1.165) is 25.7 Å². The van der Waals surface area contributed by atoms with Crippen molar-refractivity contribution in [2.45, 2.75) is 198 Å². The predicted molar refractivity (Wildman–Crippen MR) is 199 cm³/mol. The van der Waals surface area contributed by atoms with E-state index in [4.69, 9.17) is 9.47 Å². The Morgan fingerprint density at radius 1 is 0.680 bits per heavy atom. The molecule has 1 amide bonds. The number of nitrogens with one attached hydrogen (secondary N) is 1. The number of carbonyl (C=O) groups is 1. The first-order valence-electron chi connectivity index (χ1n) is 19.8. The van der Waals surface area contributed by atoms with Gasteiger partial charge in [-0.1, -0.05) is 134 Å². The van der Waals surface area contributed by atoms with Gasteiger partial charge in [0, 0.05) is 0 Å². The van der Waals surface area contributed by atoms with Gasteiger partial charge < -0.3 is 45.4 Å². The first kappa shape index (κ1) is 46.4. The molecule has 7 N–H and O–H groups in total. The first-order chi connectivity index (χ1) is 24.3. The minimum Gasteiger partial charge on any atom is -0.394 e. The van der Waals surface area contributed by atoms with Crippen LogP contribution in [-0.4, -0.2) is 98.7 Å². The van der Waals surface area contributed by atoms with Crippen LogP contribution in [0.25, 0.3) is 0 Å². The highest BCUT2D eigenvalue weighted by Gasteiger charge is 2.44. The Bertz CT molecular complexity index is 896. The van der Waals surface area contributed by atoms with Gasteiger partial charge in [0.25, 0.3) is 0 Å². The molecule has 0 aliphatic carbocycles. The minimum atomic E-state index is -1.62. The van der Waals surface area contributed by atoms with Crippen molar-refractivity contribution in [2.24, 2.45) is 0 Å². The third-order valence-corrected chi connectivity index (χ3v) is 9.30. The molecule has 0 saturated carbocycles. The van der Waals surface area contributed by atoms with Crippen LogP contribution in [0.4, 0.5) is 0 Å². The topological polar surface area (TPSA) is 169 Å². The molecule has 0 aromatic heterocycles. The number of rotatable bonds is 31. The van der Waals surface area contributed by atoms with Gasteiger partial charge in [0.15, 0.2) is 6.29 Å². The molecule has 10 nitrogen and oxygen atoms in total. The van der Waals surface area contributed by atoms with Crippen LogP contribution in [0, 0.1) is 0 Å². The molecule has 1 heterocycles. The van der Waals surface area contributed by atoms with Gasteiger partial charge in [0.05, 0.1) is 25.4 Å². The number of aliphatic hydroxyl groups excluding tert-OH is 6. The number of amides is 1. The van der Waals surface area contributed by atoms with Gasteiger partial charge in [-0.05, 0) is 51.4 Å². The Labute approximate surface area is 303 Å². The molecule has 292 valence electrons. The molecule has 1 fully saturated rings. The normalized spacial score (nSPS) is 23.2. The summed E-state index contributed by atoms with van der Waals surface area (Å²) in [4.78, 5) is 12.9. The molecule has 50 heavy (non-hydrogen) atoms. The summed E-state index contributed by atoms with van der Waals surface area (Å²) < 4.78 is 11.0. The number of aliphatic hydroxyl groups is 6. The number of ether oxygens (including phenoxy) is 2. The fourth-order valence-corrected chi connectivity index (χ4v) is 5.94. The number of unbranched alkanes of at least 4 members (excludes halogenated alkanes) is 16. The van der Waals surface area contributed by atoms with Gasteiger partial charge in [-0.25, -0.2) is 0 Å². The maximum absolute atomic E-state index is 12.9. The minimum absolute atomic E-state index is 0.217. The molecule has 1 aliphatic rings. The summed E-state index contributed by atoms with van der Waals surface area (Å²) in [5.41, 5.74) is 0. The number of carbonyl (C=O) groups excluding carboxylic acids is 1. The van der Waals surface area contributed by atoms with E-state index in [9.17, 15) is 35.4 Å². The van der Waals surface area contributed by atoms with E-state index in [1.807, 2.05) is 12.2 Å². The van der Waals surface area contributed by atoms with E-state index in [-0.39, 0.29) is 13.0 Å². The fourth-order valence-electron chi connectivity index (χ4n) is 5.94. The summed E-state index contributed by atoms with van der Waals surface area (Å²) >= 11 is 0. The van der Waals surface area contributed by atoms with E-state index in [1.165, 1.54) is 89.9 Å². The zero-order chi connectivity index (χ0) is 36.8. The van der Waals surface area contributed by atoms with Gasteiger partial charge >= 0.3 is 0 Å². The van der Waals surface area contributed by atoms with Crippen LogP contribution in [0.5, 0.6) is 0 Å². The van der Waals surface area contributed by atoms with Crippen molar-refractivity contribution < 1.29 is 44.9 Å². The van der Waals surface area contributed by atoms with Gasteiger partial charge in [-0.15, -0.1) is 0 Å². The standard InChI is InChI=1S/C40H73NO9/c1-3-5-7-9-11-13-14-15-16-17-18-19-20-21-23-24-26-28-33(43)32(31-49-40-38(47)37(46)36(45)35(30-42)50-40)41-39(48)34(44)29-27-25-22-12-10-8-6-4-2/h20-22,25-26,28,32-38,40,42-47H,3-19,23-24,27,29-31H2,1-2H3,(H,41,48)/b21-20+,25-22-,28-26+. The Kier molecular flexibility index (Phi) is 28.7. The zero-order valence-corrected chi connectivity index (χ0v) is 31.3. The van der Waals surface area contributed by atoms with Crippen molar-refractivity contribution in [3.05, 3.63) is 36.5 Å². The van der Waals surface area contributed by atoms with E-state index >= 15 is 0 Å². The van der Waals surface area contributed by atoms with E-state index in [2.05, 4.69) is 37.4 Å². The highest BCUT2D eigenvalue weighted by atomic mass is 16.7. The molecular formula is C40H73NO9. The van der Waals surface area contributed by atoms with Crippen LogP contribution in [0.3, 0.4) is 0 Å². The second-order valence-corrected chi connectivity index (χ2v) is 13.9. The molecule has 0 spiro atoms. The molecule has 8 atom stereocenters. The second kappa shape index (κ2) is 30.9. The molecule has 1 rings (SSSR count). The monoisotopic (exact) mass is 712 g/mol. The molecule has 1 aliphatic heterocycles. The van der Waals surface area contributed by atoms with E-state index < -0.39 is 61.5 Å². The van der Waals surface area contributed by atoms with Crippen molar-refractivity contribution in [1.82, 2.24) is 5.32 Å². The SMILES string of the molecule is CCCCCC/C=C\CCC(O)C(=O)NC(COC1OC(CO)C(O)C(O)C1O)C(O)/C=C/CC/C=C/CCCCCCCCCCCCC. The maximum Gasteiger partial charge on any atom is 0.249 e. The highest BCUT2D eigenvalue weighted by Crippen LogP contribution is 2.22. The zero-order valence-electron chi connectivity index (χ0n) is 31.3. The van der Waals surface area contributed by atoms with Gasteiger partial charge in [-0.3, -0.25) is 4.79 Å². The quantitative estimate of drug-likeness (QED) is 0.0342. The Morgan fingerprint density at radius 2 is 1.18 bits per heavy atom. The lowest BCUT2D eigenvalue weighted by Gasteiger charge is -2.40. The first-order valence-corrected chi connectivity index (χ1v) is 19.8. The van der Waals surface area contributed by atoms with Crippen LogP contribution in [-0.2, 0) is 14.3 Å². The Hall–Kier alpha value is -1.63. The van der Waals surface area contributed by atoms with Crippen molar-refractivity contribution in [1.29, 1.82) is 0 Å². The van der Waals surface area contributed by atoms with Gasteiger partial charge in [-0.2, -0.15) is 0 Å². The molecule has 0 bridgehead atoms. The Balaban J connectivity index is 2.53. The average Bonchev–Trinajstić information content (AvgIpc) is 3.11. The molecule has 0 radical (unpaired) electrons. The van der Waals surface area contributed by atoms with Crippen LogP contribution in [0.2, 0.25) is 0 Å². The van der Waals surface area contributed by atoms with Crippen LogP contribution in [0.1, 0.15) is 149 Å². The Morgan fingerprint density at radius 3 is 1.76 bits per heavy atom. The lowest BCUT2D eigenvalue weighted by molar-refractivity contribution is -0.302. The summed E-state index contributed by atoms with van der Waals surface area (Å²) in [7, 11) is 0.